The summed E-state index contributed by atoms with van der Waals surface area (Å²) in [7, 11) is -7.33. The van der Waals surface area contributed by atoms with Gasteiger partial charge in [0.15, 0.2) is 0 Å². The molecule has 8 heteroatoms. The topological polar surface area (TPSA) is 83.6 Å². The first-order valence-corrected chi connectivity index (χ1v) is 13.0. The highest BCUT2D eigenvalue weighted by molar-refractivity contribution is 7.89. The number of benzene rings is 3. The zero-order chi connectivity index (χ0) is 21.9. The molecule has 0 radical (unpaired) electrons. The molecule has 0 spiro atoms. The lowest BCUT2D eigenvalue weighted by atomic mass is 10.1. The molecule has 3 aromatic carbocycles. The molecule has 4 rings (SSSR count). The van der Waals surface area contributed by atoms with E-state index < -0.39 is 20.0 Å². The quantitative estimate of drug-likeness (QED) is 0.616. The molecule has 0 aromatic heterocycles. The Morgan fingerprint density at radius 3 is 1.90 bits per heavy atom. The van der Waals surface area contributed by atoms with Crippen molar-refractivity contribution in [2.45, 2.75) is 28.7 Å². The zero-order valence-electron chi connectivity index (χ0n) is 16.9. The molecule has 1 saturated heterocycles. The fourth-order valence-electron chi connectivity index (χ4n) is 3.79. The molecule has 0 aliphatic carbocycles. The molecule has 0 amide bonds. The van der Waals surface area contributed by atoms with Crippen LogP contribution in [0, 0.1) is 0 Å². The highest BCUT2D eigenvalue weighted by Crippen LogP contribution is 2.30. The number of piperidine rings is 1. The fraction of sp³-hybridized carbons (Fsp3) is 0.217. The third-order valence-electron chi connectivity index (χ3n) is 5.42. The average molecular weight is 457 g/mol. The molecule has 1 aliphatic heterocycles. The van der Waals surface area contributed by atoms with Crippen molar-refractivity contribution in [3.63, 3.8) is 0 Å². The van der Waals surface area contributed by atoms with Crippen molar-refractivity contribution in [2.24, 2.45) is 0 Å². The molecule has 1 fully saturated rings. The Hall–Kier alpha value is -2.52. The molecular formula is C23H24N2O4S2. The van der Waals surface area contributed by atoms with E-state index in [2.05, 4.69) is 4.72 Å². The van der Waals surface area contributed by atoms with E-state index in [0.717, 1.165) is 5.56 Å². The smallest absolute Gasteiger partial charge is 0.208 e. The summed E-state index contributed by atoms with van der Waals surface area (Å²) in [4.78, 5) is 0.478. The predicted molar refractivity (Wildman–Crippen MR) is 120 cm³/mol. The van der Waals surface area contributed by atoms with Crippen LogP contribution < -0.4 is 4.72 Å². The van der Waals surface area contributed by atoms with Crippen LogP contribution in [0.1, 0.15) is 12.8 Å². The van der Waals surface area contributed by atoms with Crippen LogP contribution in [0.25, 0.3) is 11.1 Å². The molecule has 6 nitrogen and oxygen atoms in total. The van der Waals surface area contributed by atoms with Crippen LogP contribution in [0.3, 0.4) is 0 Å². The summed E-state index contributed by atoms with van der Waals surface area (Å²) in [6.07, 6.45) is 0.831. The summed E-state index contributed by atoms with van der Waals surface area (Å²) >= 11 is 0. The van der Waals surface area contributed by atoms with Crippen molar-refractivity contribution in [3.8, 4) is 11.1 Å². The Bertz CT molecular complexity index is 1240. The van der Waals surface area contributed by atoms with Crippen LogP contribution in [0.4, 0.5) is 0 Å². The van der Waals surface area contributed by atoms with Gasteiger partial charge in [0.2, 0.25) is 20.0 Å². The van der Waals surface area contributed by atoms with Crippen LogP contribution in [-0.2, 0) is 20.0 Å². The third-order valence-corrected chi connectivity index (χ3v) is 8.91. The summed E-state index contributed by atoms with van der Waals surface area (Å²) in [5.74, 6) is 0. The highest BCUT2D eigenvalue weighted by atomic mass is 32.2. The number of hydrogen-bond acceptors (Lipinski definition) is 4. The van der Waals surface area contributed by atoms with E-state index >= 15 is 0 Å². The summed E-state index contributed by atoms with van der Waals surface area (Å²) < 4.78 is 56.0. The van der Waals surface area contributed by atoms with Gasteiger partial charge < -0.3 is 0 Å². The minimum absolute atomic E-state index is 0.210. The van der Waals surface area contributed by atoms with Crippen molar-refractivity contribution in [2.75, 3.05) is 13.1 Å². The van der Waals surface area contributed by atoms with E-state index in [-0.39, 0.29) is 28.9 Å². The minimum atomic E-state index is -3.70. The second-order valence-electron chi connectivity index (χ2n) is 7.47. The Kier molecular flexibility index (Phi) is 6.24. The van der Waals surface area contributed by atoms with Crippen molar-refractivity contribution in [1.29, 1.82) is 0 Å². The average Bonchev–Trinajstić information content (AvgIpc) is 2.80. The van der Waals surface area contributed by atoms with Gasteiger partial charge in [0.25, 0.3) is 0 Å². The maximum Gasteiger partial charge on any atom is 0.243 e. The van der Waals surface area contributed by atoms with Crippen molar-refractivity contribution < 1.29 is 16.8 Å². The fourth-order valence-corrected chi connectivity index (χ4v) is 6.80. The van der Waals surface area contributed by atoms with Gasteiger partial charge in [0.05, 0.1) is 9.79 Å². The number of nitrogens with one attached hydrogen (secondary N) is 1. The van der Waals surface area contributed by atoms with Gasteiger partial charge in [0, 0.05) is 24.7 Å². The van der Waals surface area contributed by atoms with Crippen LogP contribution in [0.15, 0.2) is 94.7 Å². The maximum absolute atomic E-state index is 13.4. The summed E-state index contributed by atoms with van der Waals surface area (Å²) in [6.45, 7) is 0.515. The van der Waals surface area contributed by atoms with Crippen LogP contribution in [-0.4, -0.2) is 40.3 Å². The van der Waals surface area contributed by atoms with Gasteiger partial charge in [0.1, 0.15) is 0 Å². The Morgan fingerprint density at radius 1 is 0.710 bits per heavy atom. The van der Waals surface area contributed by atoms with Gasteiger partial charge in [-0.05, 0) is 36.6 Å². The highest BCUT2D eigenvalue weighted by Gasteiger charge is 2.32. The Morgan fingerprint density at radius 2 is 1.26 bits per heavy atom. The van der Waals surface area contributed by atoms with Gasteiger partial charge in [-0.2, -0.15) is 4.31 Å². The predicted octanol–water partition coefficient (Wildman–Crippen LogP) is 3.49. The van der Waals surface area contributed by atoms with Crippen molar-refractivity contribution >= 4 is 20.0 Å². The van der Waals surface area contributed by atoms with E-state index in [0.29, 0.717) is 18.4 Å². The van der Waals surface area contributed by atoms with E-state index in [1.165, 1.54) is 4.31 Å². The lowest BCUT2D eigenvalue weighted by molar-refractivity contribution is 0.308. The normalized spacial score (nSPS) is 16.3. The molecule has 162 valence electrons. The molecule has 1 heterocycles. The minimum Gasteiger partial charge on any atom is -0.208 e. The van der Waals surface area contributed by atoms with E-state index in [4.69, 9.17) is 0 Å². The van der Waals surface area contributed by atoms with Crippen LogP contribution in [0.2, 0.25) is 0 Å². The molecule has 0 bridgehead atoms. The van der Waals surface area contributed by atoms with Crippen molar-refractivity contribution in [1.82, 2.24) is 9.03 Å². The lowest BCUT2D eigenvalue weighted by Crippen LogP contribution is -2.46. The summed E-state index contributed by atoms with van der Waals surface area (Å²) in [5, 5.41) is 0. The largest absolute Gasteiger partial charge is 0.243 e. The molecule has 0 atom stereocenters. The molecule has 1 aliphatic rings. The van der Waals surface area contributed by atoms with E-state index in [1.807, 2.05) is 42.5 Å². The zero-order valence-corrected chi connectivity index (χ0v) is 18.5. The Balaban J connectivity index is 1.50. The maximum atomic E-state index is 13.4. The first-order valence-electron chi connectivity index (χ1n) is 10.1. The summed E-state index contributed by atoms with van der Waals surface area (Å²) in [5.41, 5.74) is 1.50. The standard InChI is InChI=1S/C23H24N2O4S2/c26-30(27,21-11-5-2-6-12-21)24-20-15-17-25(18-16-20)31(28,29)23-14-8-7-13-22(23)19-9-3-1-4-10-19/h1-14,20,24H,15-18H2. The van der Waals surface area contributed by atoms with E-state index in [9.17, 15) is 16.8 Å². The molecule has 0 saturated carbocycles. The number of nitrogens with zero attached hydrogens (tertiary/aromatic N) is 1. The van der Waals surface area contributed by atoms with Gasteiger partial charge in [-0.3, -0.25) is 0 Å². The first kappa shape index (κ1) is 21.7. The van der Waals surface area contributed by atoms with Crippen molar-refractivity contribution in [3.05, 3.63) is 84.9 Å². The Labute approximate surface area is 183 Å². The molecule has 31 heavy (non-hydrogen) atoms. The first-order chi connectivity index (χ1) is 14.9. The van der Waals surface area contributed by atoms with E-state index in [1.54, 1.807) is 42.5 Å². The van der Waals surface area contributed by atoms with Gasteiger partial charge in [-0.25, -0.2) is 21.6 Å². The van der Waals surface area contributed by atoms with Crippen LogP contribution >= 0.6 is 0 Å². The number of rotatable bonds is 6. The monoisotopic (exact) mass is 456 g/mol. The second-order valence-corrected chi connectivity index (χ2v) is 11.1. The molecular weight excluding hydrogens is 432 g/mol. The molecule has 0 unspecified atom stereocenters. The third kappa shape index (κ3) is 4.72. The summed E-state index contributed by atoms with van der Waals surface area (Å²) in [6, 6.07) is 24.3. The molecule has 3 aromatic rings. The van der Waals surface area contributed by atoms with Gasteiger partial charge in [-0.15, -0.1) is 0 Å². The van der Waals surface area contributed by atoms with Gasteiger partial charge in [-0.1, -0.05) is 66.7 Å². The van der Waals surface area contributed by atoms with Gasteiger partial charge >= 0.3 is 0 Å². The number of hydrogen-bond donors (Lipinski definition) is 1. The SMILES string of the molecule is O=S(=O)(NC1CCN(S(=O)(=O)c2ccccc2-c2ccccc2)CC1)c1ccccc1. The lowest BCUT2D eigenvalue weighted by Gasteiger charge is -2.32. The number of sulfonamides is 2. The second kappa shape index (κ2) is 8.92. The molecule has 1 N–H and O–H groups in total. The van der Waals surface area contributed by atoms with Crippen LogP contribution in [0.5, 0.6) is 0 Å².